The van der Waals surface area contributed by atoms with Crippen LogP contribution in [0.25, 0.3) is 22.6 Å². The van der Waals surface area contributed by atoms with Crippen molar-refractivity contribution < 1.29 is 22.4 Å². The highest BCUT2D eigenvalue weighted by molar-refractivity contribution is 9.10. The molecule has 5 nitrogen and oxygen atoms in total. The number of hydrogen-bond donors (Lipinski definition) is 0. The number of hydrogen-bond acceptors (Lipinski definition) is 4. The van der Waals surface area contributed by atoms with E-state index in [1.807, 2.05) is 24.3 Å². The molecule has 0 saturated carbocycles. The molecule has 0 aliphatic heterocycles. The van der Waals surface area contributed by atoms with E-state index in [0.29, 0.717) is 29.1 Å². The van der Waals surface area contributed by atoms with E-state index in [9.17, 15) is 18.0 Å². The van der Waals surface area contributed by atoms with Gasteiger partial charge >= 0.3 is 6.36 Å². The molecule has 2 aromatic heterocycles. The summed E-state index contributed by atoms with van der Waals surface area (Å²) in [5.74, 6) is 0.105. The molecule has 0 atom stereocenters. The first-order valence-electron chi connectivity index (χ1n) is 9.05. The minimum atomic E-state index is -4.75. The van der Waals surface area contributed by atoms with Gasteiger partial charge in [-0.05, 0) is 48.0 Å². The molecule has 0 amide bonds. The fraction of sp³-hybridized carbons (Fsp3) is 0.0909. The van der Waals surface area contributed by atoms with Gasteiger partial charge in [-0.2, -0.15) is 0 Å². The Morgan fingerprint density at radius 2 is 1.74 bits per heavy atom. The van der Waals surface area contributed by atoms with Crippen LogP contribution in [0.15, 0.2) is 86.7 Å². The Morgan fingerprint density at radius 3 is 2.45 bits per heavy atom. The van der Waals surface area contributed by atoms with Gasteiger partial charge in [0.15, 0.2) is 5.76 Å². The standard InChI is InChI=1S/C22H14BrF3N2O3/c23-17-3-1-2-14(10-17)12-28-13-16(6-9-21(28)29)20-11-19(27-31-20)15-4-7-18(8-5-15)30-22(24,25)26/h1-11,13H,12H2. The summed E-state index contributed by atoms with van der Waals surface area (Å²) in [6, 6.07) is 17.7. The Morgan fingerprint density at radius 1 is 1.00 bits per heavy atom. The lowest BCUT2D eigenvalue weighted by Gasteiger charge is -2.08. The molecule has 0 N–H and O–H groups in total. The predicted octanol–water partition coefficient (Wildman–Crippen LogP) is 5.88. The molecule has 2 aromatic carbocycles. The topological polar surface area (TPSA) is 57.3 Å². The quantitative estimate of drug-likeness (QED) is 0.350. The number of pyridine rings is 1. The summed E-state index contributed by atoms with van der Waals surface area (Å²) in [4.78, 5) is 12.3. The second-order valence-corrected chi connectivity index (χ2v) is 7.58. The van der Waals surface area contributed by atoms with Crippen molar-refractivity contribution >= 4 is 15.9 Å². The first kappa shape index (κ1) is 20.9. The Hall–Kier alpha value is -3.33. The van der Waals surface area contributed by atoms with Crippen molar-refractivity contribution in [1.82, 2.24) is 9.72 Å². The third-order valence-electron chi connectivity index (χ3n) is 4.40. The molecule has 0 spiro atoms. The van der Waals surface area contributed by atoms with Crippen molar-refractivity contribution in [2.24, 2.45) is 0 Å². The second-order valence-electron chi connectivity index (χ2n) is 6.66. The molecule has 0 aliphatic carbocycles. The summed E-state index contributed by atoms with van der Waals surface area (Å²) in [5.41, 5.74) is 2.44. The van der Waals surface area contributed by atoms with Crippen LogP contribution in [0.4, 0.5) is 13.2 Å². The molecular weight excluding hydrogens is 477 g/mol. The fourth-order valence-electron chi connectivity index (χ4n) is 3.01. The molecule has 0 bridgehead atoms. The minimum absolute atomic E-state index is 0.163. The van der Waals surface area contributed by atoms with Gasteiger partial charge in [-0.25, -0.2) is 0 Å². The summed E-state index contributed by atoms with van der Waals surface area (Å²) >= 11 is 3.41. The molecule has 31 heavy (non-hydrogen) atoms. The van der Waals surface area contributed by atoms with Gasteiger partial charge in [0, 0.05) is 33.9 Å². The highest BCUT2D eigenvalue weighted by Gasteiger charge is 2.31. The number of ether oxygens (including phenoxy) is 1. The van der Waals surface area contributed by atoms with Crippen molar-refractivity contribution in [2.45, 2.75) is 12.9 Å². The lowest BCUT2D eigenvalue weighted by molar-refractivity contribution is -0.274. The highest BCUT2D eigenvalue weighted by Crippen LogP contribution is 2.28. The highest BCUT2D eigenvalue weighted by atomic mass is 79.9. The van der Waals surface area contributed by atoms with Crippen LogP contribution in [-0.2, 0) is 6.54 Å². The van der Waals surface area contributed by atoms with Crippen molar-refractivity contribution in [1.29, 1.82) is 0 Å². The molecule has 0 unspecified atom stereocenters. The van der Waals surface area contributed by atoms with Crippen molar-refractivity contribution in [3.8, 4) is 28.3 Å². The van der Waals surface area contributed by atoms with Crippen molar-refractivity contribution in [2.75, 3.05) is 0 Å². The summed E-state index contributed by atoms with van der Waals surface area (Å²) in [7, 11) is 0. The lowest BCUT2D eigenvalue weighted by Crippen LogP contribution is -2.19. The van der Waals surface area contributed by atoms with Crippen LogP contribution in [0.2, 0.25) is 0 Å². The van der Waals surface area contributed by atoms with Crippen LogP contribution >= 0.6 is 15.9 Å². The smallest absolute Gasteiger partial charge is 0.406 e. The molecular formula is C22H14BrF3N2O3. The number of nitrogens with zero attached hydrogens (tertiary/aromatic N) is 2. The van der Waals surface area contributed by atoms with Crippen LogP contribution in [0, 0.1) is 0 Å². The van der Waals surface area contributed by atoms with E-state index >= 15 is 0 Å². The summed E-state index contributed by atoms with van der Waals surface area (Å²) in [6.45, 7) is 0.383. The molecule has 4 rings (SSSR count). The molecule has 0 saturated heterocycles. The van der Waals surface area contributed by atoms with Crippen LogP contribution < -0.4 is 10.3 Å². The summed E-state index contributed by atoms with van der Waals surface area (Å²) in [5, 5.41) is 3.98. The van der Waals surface area contributed by atoms with E-state index in [2.05, 4.69) is 25.8 Å². The van der Waals surface area contributed by atoms with E-state index < -0.39 is 6.36 Å². The molecule has 0 fully saturated rings. The molecule has 2 heterocycles. The number of benzene rings is 2. The molecule has 9 heteroatoms. The number of rotatable bonds is 5. The summed E-state index contributed by atoms with van der Waals surface area (Å²) < 4.78 is 48.6. The first-order valence-corrected chi connectivity index (χ1v) is 9.84. The van der Waals surface area contributed by atoms with Gasteiger partial charge in [-0.1, -0.05) is 33.2 Å². The largest absolute Gasteiger partial charge is 0.573 e. The Balaban J connectivity index is 1.57. The predicted molar refractivity (Wildman–Crippen MR) is 112 cm³/mol. The van der Waals surface area contributed by atoms with Crippen LogP contribution in [0.3, 0.4) is 0 Å². The third-order valence-corrected chi connectivity index (χ3v) is 4.90. The van der Waals surface area contributed by atoms with E-state index in [1.165, 1.54) is 30.3 Å². The zero-order valence-electron chi connectivity index (χ0n) is 15.8. The third kappa shape index (κ3) is 5.24. The molecule has 158 valence electrons. The first-order chi connectivity index (χ1) is 14.8. The van der Waals surface area contributed by atoms with Gasteiger partial charge < -0.3 is 13.8 Å². The Bertz CT molecular complexity index is 1260. The van der Waals surface area contributed by atoms with Gasteiger partial charge in [0.25, 0.3) is 5.56 Å². The zero-order chi connectivity index (χ0) is 22.0. The minimum Gasteiger partial charge on any atom is -0.406 e. The van der Waals surface area contributed by atoms with Gasteiger partial charge in [0.1, 0.15) is 11.4 Å². The van der Waals surface area contributed by atoms with Gasteiger partial charge in [-0.15, -0.1) is 13.2 Å². The van der Waals surface area contributed by atoms with Crippen LogP contribution in [0.1, 0.15) is 5.56 Å². The SMILES string of the molecule is O=c1ccc(-c2cc(-c3ccc(OC(F)(F)F)cc3)no2)cn1Cc1cccc(Br)c1. The van der Waals surface area contributed by atoms with E-state index in [4.69, 9.17) is 4.52 Å². The maximum atomic E-state index is 12.3. The maximum Gasteiger partial charge on any atom is 0.573 e. The average molecular weight is 491 g/mol. The maximum absolute atomic E-state index is 12.3. The monoisotopic (exact) mass is 490 g/mol. The van der Waals surface area contributed by atoms with Crippen molar-refractivity contribution in [3.63, 3.8) is 0 Å². The van der Waals surface area contributed by atoms with Gasteiger partial charge in [0.2, 0.25) is 0 Å². The normalized spacial score (nSPS) is 11.5. The van der Waals surface area contributed by atoms with Crippen LogP contribution in [-0.4, -0.2) is 16.1 Å². The zero-order valence-corrected chi connectivity index (χ0v) is 17.4. The molecule has 0 aliphatic rings. The van der Waals surface area contributed by atoms with Gasteiger partial charge in [-0.3, -0.25) is 4.79 Å². The van der Waals surface area contributed by atoms with Gasteiger partial charge in [0.05, 0.1) is 6.54 Å². The fourth-order valence-corrected chi connectivity index (χ4v) is 3.45. The molecule has 0 radical (unpaired) electrons. The van der Waals surface area contributed by atoms with E-state index in [0.717, 1.165) is 10.0 Å². The number of alkyl halides is 3. The number of halogens is 4. The Kier molecular flexibility index (Phi) is 5.69. The Labute approximate surface area is 182 Å². The molecule has 4 aromatic rings. The number of aromatic nitrogens is 2. The van der Waals surface area contributed by atoms with Crippen LogP contribution in [0.5, 0.6) is 5.75 Å². The average Bonchev–Trinajstić information content (AvgIpc) is 3.19. The second kappa shape index (κ2) is 8.43. The van der Waals surface area contributed by atoms with E-state index in [-0.39, 0.29) is 11.3 Å². The van der Waals surface area contributed by atoms with E-state index in [1.54, 1.807) is 22.9 Å². The summed E-state index contributed by atoms with van der Waals surface area (Å²) in [6.07, 6.45) is -3.07. The lowest BCUT2D eigenvalue weighted by atomic mass is 10.1. The van der Waals surface area contributed by atoms with Crippen molar-refractivity contribution in [3.05, 3.63) is 93.3 Å².